The maximum atomic E-state index is 5.81. The number of guanidine groups is 1. The number of hydrogen-bond donors (Lipinski definition) is 1. The predicted octanol–water partition coefficient (Wildman–Crippen LogP) is 2.04. The molecule has 2 fully saturated rings. The summed E-state index contributed by atoms with van der Waals surface area (Å²) in [4.78, 5) is 9.87. The number of hydrogen-bond acceptors (Lipinski definition) is 4. The zero-order valence-electron chi connectivity index (χ0n) is 16.4. The van der Waals surface area contributed by atoms with E-state index in [1.807, 2.05) is 0 Å². The van der Waals surface area contributed by atoms with E-state index in [1.165, 1.54) is 6.54 Å². The van der Waals surface area contributed by atoms with Crippen molar-refractivity contribution in [2.24, 2.45) is 10.9 Å². The molecule has 0 atom stereocenters. The lowest BCUT2D eigenvalue weighted by molar-refractivity contribution is -0.0829. The lowest BCUT2D eigenvalue weighted by Gasteiger charge is -2.38. The molecular formula is C18H37IN4O2. The third kappa shape index (κ3) is 7.19. The molecule has 2 heterocycles. The normalized spacial score (nSPS) is 22.0. The van der Waals surface area contributed by atoms with Gasteiger partial charge < -0.3 is 19.7 Å². The molecule has 2 aliphatic rings. The maximum absolute atomic E-state index is 5.81. The van der Waals surface area contributed by atoms with Crippen molar-refractivity contribution in [2.75, 3.05) is 66.1 Å². The quantitative estimate of drug-likeness (QED) is 0.368. The molecular weight excluding hydrogens is 431 g/mol. The average Bonchev–Trinajstić information content (AvgIpc) is 2.60. The fourth-order valence-electron chi connectivity index (χ4n) is 3.47. The van der Waals surface area contributed by atoms with Gasteiger partial charge in [0.1, 0.15) is 0 Å². The van der Waals surface area contributed by atoms with Gasteiger partial charge in [-0.1, -0.05) is 13.8 Å². The van der Waals surface area contributed by atoms with E-state index < -0.39 is 0 Å². The van der Waals surface area contributed by atoms with Gasteiger partial charge in [-0.05, 0) is 12.8 Å². The van der Waals surface area contributed by atoms with Gasteiger partial charge in [-0.25, -0.2) is 0 Å². The molecule has 2 aliphatic heterocycles. The summed E-state index contributed by atoms with van der Waals surface area (Å²) in [5, 5.41) is 3.46. The highest BCUT2D eigenvalue weighted by atomic mass is 127. The van der Waals surface area contributed by atoms with Crippen LogP contribution in [0.15, 0.2) is 4.99 Å². The number of nitrogens with one attached hydrogen (secondary N) is 1. The largest absolute Gasteiger partial charge is 0.381 e. The van der Waals surface area contributed by atoms with Gasteiger partial charge in [-0.2, -0.15) is 0 Å². The van der Waals surface area contributed by atoms with Crippen molar-refractivity contribution in [1.82, 2.24) is 15.1 Å². The Hall–Kier alpha value is -0.120. The molecule has 0 saturated carbocycles. The van der Waals surface area contributed by atoms with Crippen LogP contribution in [0.1, 0.15) is 33.6 Å². The summed E-state index contributed by atoms with van der Waals surface area (Å²) in [7, 11) is 1.80. The van der Waals surface area contributed by atoms with Crippen LogP contribution < -0.4 is 5.32 Å². The van der Waals surface area contributed by atoms with Crippen molar-refractivity contribution < 1.29 is 9.47 Å². The molecule has 0 aromatic heterocycles. The first-order valence-corrected chi connectivity index (χ1v) is 9.47. The number of methoxy groups -OCH3 is 1. The zero-order chi connectivity index (χ0) is 17.4. The van der Waals surface area contributed by atoms with Crippen LogP contribution in [-0.2, 0) is 9.47 Å². The fraction of sp³-hybridized carbons (Fsp3) is 0.944. The Morgan fingerprint density at radius 2 is 1.84 bits per heavy atom. The summed E-state index contributed by atoms with van der Waals surface area (Å²) < 4.78 is 11.3. The summed E-state index contributed by atoms with van der Waals surface area (Å²) in [5.41, 5.74) is -0.154. The molecule has 1 N–H and O–H groups in total. The number of nitrogens with zero attached hydrogens (tertiary/aromatic N) is 3. The second-order valence-corrected chi connectivity index (χ2v) is 7.35. The highest BCUT2D eigenvalue weighted by Crippen LogP contribution is 2.24. The first-order valence-electron chi connectivity index (χ1n) is 9.47. The molecule has 0 amide bonds. The zero-order valence-corrected chi connectivity index (χ0v) is 18.8. The number of ether oxygens (including phenoxy) is 2. The van der Waals surface area contributed by atoms with Crippen LogP contribution in [0.3, 0.4) is 0 Å². The van der Waals surface area contributed by atoms with Gasteiger partial charge in [-0.3, -0.25) is 9.89 Å². The maximum Gasteiger partial charge on any atom is 0.194 e. The highest BCUT2D eigenvalue weighted by molar-refractivity contribution is 14.0. The van der Waals surface area contributed by atoms with Crippen LogP contribution in [0, 0.1) is 5.92 Å². The van der Waals surface area contributed by atoms with Crippen LogP contribution >= 0.6 is 24.0 Å². The van der Waals surface area contributed by atoms with Gasteiger partial charge in [0.2, 0.25) is 0 Å². The first-order chi connectivity index (χ1) is 11.6. The van der Waals surface area contributed by atoms with Crippen LogP contribution in [0.4, 0.5) is 0 Å². The van der Waals surface area contributed by atoms with E-state index in [0.29, 0.717) is 6.54 Å². The molecule has 2 rings (SSSR count). The molecule has 0 bridgehead atoms. The Morgan fingerprint density at radius 1 is 1.20 bits per heavy atom. The van der Waals surface area contributed by atoms with Crippen LogP contribution in [0.2, 0.25) is 0 Å². The van der Waals surface area contributed by atoms with Crippen LogP contribution in [0.25, 0.3) is 0 Å². The van der Waals surface area contributed by atoms with E-state index in [4.69, 9.17) is 14.5 Å². The minimum Gasteiger partial charge on any atom is -0.381 e. The second kappa shape index (κ2) is 11.6. The Labute approximate surface area is 170 Å². The summed E-state index contributed by atoms with van der Waals surface area (Å²) in [6.07, 6.45) is 1.85. The van der Waals surface area contributed by atoms with Crippen molar-refractivity contribution in [2.45, 2.75) is 39.2 Å². The molecule has 7 heteroatoms. The molecule has 148 valence electrons. The summed E-state index contributed by atoms with van der Waals surface area (Å²) >= 11 is 0. The van der Waals surface area contributed by atoms with Gasteiger partial charge in [0.25, 0.3) is 0 Å². The fourth-order valence-corrected chi connectivity index (χ4v) is 3.47. The van der Waals surface area contributed by atoms with E-state index in [1.54, 1.807) is 7.11 Å². The van der Waals surface area contributed by atoms with Gasteiger partial charge in [0.15, 0.2) is 5.96 Å². The Morgan fingerprint density at radius 3 is 2.36 bits per heavy atom. The molecule has 6 nitrogen and oxygen atoms in total. The predicted molar refractivity (Wildman–Crippen MR) is 114 cm³/mol. The summed E-state index contributed by atoms with van der Waals surface area (Å²) in [6.45, 7) is 15.4. The van der Waals surface area contributed by atoms with Crippen molar-refractivity contribution in [3.8, 4) is 0 Å². The number of aliphatic imine (C=N–C) groups is 1. The monoisotopic (exact) mass is 468 g/mol. The molecule has 0 radical (unpaired) electrons. The van der Waals surface area contributed by atoms with Crippen LogP contribution in [0.5, 0.6) is 0 Å². The van der Waals surface area contributed by atoms with Crippen molar-refractivity contribution in [1.29, 1.82) is 0 Å². The SMILES string of the molecule is CCNC(=NCC1(OC)CCOCC1)N1CCN(CC(C)C)CC1.I. The number of rotatable bonds is 6. The van der Waals surface area contributed by atoms with Gasteiger partial charge in [0, 0.05) is 72.4 Å². The summed E-state index contributed by atoms with van der Waals surface area (Å²) in [5.74, 6) is 1.76. The Kier molecular flexibility index (Phi) is 10.6. The van der Waals surface area contributed by atoms with Gasteiger partial charge in [0.05, 0.1) is 12.1 Å². The second-order valence-electron chi connectivity index (χ2n) is 7.35. The third-order valence-electron chi connectivity index (χ3n) is 4.98. The molecule has 2 saturated heterocycles. The van der Waals surface area contributed by atoms with E-state index in [0.717, 1.165) is 70.7 Å². The van der Waals surface area contributed by atoms with E-state index in [9.17, 15) is 0 Å². The molecule has 0 aliphatic carbocycles. The standard InChI is InChI=1S/C18H36N4O2.HI/c1-5-19-17(20-15-18(23-4)6-12-24-13-7-18)22-10-8-21(9-11-22)14-16(2)3;/h16H,5-15H2,1-4H3,(H,19,20);1H. The van der Waals surface area contributed by atoms with Crippen molar-refractivity contribution in [3.63, 3.8) is 0 Å². The van der Waals surface area contributed by atoms with E-state index >= 15 is 0 Å². The Balaban J connectivity index is 0.00000312. The lowest BCUT2D eigenvalue weighted by Crippen LogP contribution is -2.53. The van der Waals surface area contributed by atoms with Crippen molar-refractivity contribution >= 4 is 29.9 Å². The number of halogens is 1. The third-order valence-corrected chi connectivity index (χ3v) is 4.98. The summed E-state index contributed by atoms with van der Waals surface area (Å²) in [6, 6.07) is 0. The topological polar surface area (TPSA) is 49.3 Å². The Bertz CT molecular complexity index is 393. The van der Waals surface area contributed by atoms with E-state index in [-0.39, 0.29) is 29.6 Å². The van der Waals surface area contributed by atoms with Crippen molar-refractivity contribution in [3.05, 3.63) is 0 Å². The molecule has 0 spiro atoms. The minimum atomic E-state index is -0.154. The van der Waals surface area contributed by atoms with Crippen LogP contribution in [-0.4, -0.2) is 87.5 Å². The first kappa shape index (κ1) is 22.9. The smallest absolute Gasteiger partial charge is 0.194 e. The van der Waals surface area contributed by atoms with E-state index in [2.05, 4.69) is 35.9 Å². The molecule has 0 aromatic rings. The molecule has 0 unspecified atom stereocenters. The highest BCUT2D eigenvalue weighted by Gasteiger charge is 2.32. The lowest BCUT2D eigenvalue weighted by atomic mass is 9.94. The molecule has 0 aromatic carbocycles. The average molecular weight is 468 g/mol. The minimum absolute atomic E-state index is 0. The van der Waals surface area contributed by atoms with Gasteiger partial charge >= 0.3 is 0 Å². The van der Waals surface area contributed by atoms with Gasteiger partial charge in [-0.15, -0.1) is 24.0 Å². The molecule has 25 heavy (non-hydrogen) atoms. The number of piperazine rings is 1.